The summed E-state index contributed by atoms with van der Waals surface area (Å²) in [4.78, 5) is 10.5. The van der Waals surface area contributed by atoms with Gasteiger partial charge in [-0.15, -0.1) is 6.42 Å². The van der Waals surface area contributed by atoms with E-state index < -0.39 is 0 Å². The lowest BCUT2D eigenvalue weighted by Gasteiger charge is -2.14. The van der Waals surface area contributed by atoms with Crippen LogP contribution in [0.5, 0.6) is 0 Å². The highest BCUT2D eigenvalue weighted by molar-refractivity contribution is 8.14. The number of carbonyl (C=O) groups is 1. The van der Waals surface area contributed by atoms with E-state index in [1.165, 1.54) is 0 Å². The zero-order valence-corrected chi connectivity index (χ0v) is 5.61. The second-order valence-corrected chi connectivity index (χ2v) is 2.80. The molecule has 0 spiro atoms. The van der Waals surface area contributed by atoms with Crippen molar-refractivity contribution in [3.63, 3.8) is 0 Å². The van der Waals surface area contributed by atoms with Gasteiger partial charge in [0, 0.05) is 6.42 Å². The number of carbonyl (C=O) groups excluding carboxylic acids is 1. The lowest BCUT2D eigenvalue weighted by Crippen LogP contribution is -2.16. The lowest BCUT2D eigenvalue weighted by atomic mass is 10.3. The molecule has 0 saturated carbocycles. The van der Waals surface area contributed by atoms with E-state index in [2.05, 4.69) is 10.7 Å². The summed E-state index contributed by atoms with van der Waals surface area (Å²) in [5.74, 6) is 2.50. The van der Waals surface area contributed by atoms with Crippen LogP contribution in [0.4, 0.5) is 4.79 Å². The average Bonchev–Trinajstić information content (AvgIpc) is 1.88. The van der Waals surface area contributed by atoms with Crippen molar-refractivity contribution in [2.45, 2.75) is 11.7 Å². The van der Waals surface area contributed by atoms with Crippen LogP contribution in [0.15, 0.2) is 0 Å². The molecule has 1 unspecified atom stereocenters. The Labute approximate surface area is 58.0 Å². The summed E-state index contributed by atoms with van der Waals surface area (Å²) in [7, 11) is 0. The fourth-order valence-corrected chi connectivity index (χ4v) is 1.24. The molecule has 1 aliphatic heterocycles. The Morgan fingerprint density at radius 1 is 1.89 bits per heavy atom. The van der Waals surface area contributed by atoms with E-state index in [-0.39, 0.29) is 10.6 Å². The first kappa shape index (κ1) is 6.50. The van der Waals surface area contributed by atoms with Gasteiger partial charge in [-0.2, -0.15) is 0 Å². The van der Waals surface area contributed by atoms with Crippen molar-refractivity contribution >= 4 is 17.1 Å². The quantitative estimate of drug-likeness (QED) is 0.376. The number of thioether (sulfide) groups is 1. The Balaban J connectivity index is 2.43. The maximum atomic E-state index is 10.5. The minimum atomic E-state index is -0.246. The topological polar surface area (TPSA) is 26.3 Å². The van der Waals surface area contributed by atoms with E-state index >= 15 is 0 Å². The summed E-state index contributed by atoms with van der Waals surface area (Å²) in [6.07, 6.45) is 5.87. The van der Waals surface area contributed by atoms with Crippen molar-refractivity contribution in [3.05, 3.63) is 0 Å². The Hall–Kier alpha value is -0.620. The molecule has 1 heterocycles. The molecule has 1 saturated heterocycles. The average molecular weight is 142 g/mol. The van der Waals surface area contributed by atoms with E-state index in [1.54, 1.807) is 0 Å². The van der Waals surface area contributed by atoms with Gasteiger partial charge < -0.3 is 4.74 Å². The van der Waals surface area contributed by atoms with Crippen molar-refractivity contribution in [1.82, 2.24) is 0 Å². The smallest absolute Gasteiger partial charge is 0.368 e. The molecular weight excluding hydrogens is 136 g/mol. The van der Waals surface area contributed by atoms with Gasteiger partial charge in [0.25, 0.3) is 0 Å². The Morgan fingerprint density at radius 3 is 3.11 bits per heavy atom. The minimum absolute atomic E-state index is 0.0336. The molecule has 0 aromatic carbocycles. The van der Waals surface area contributed by atoms with Crippen LogP contribution < -0.4 is 0 Å². The number of ether oxygens (including phenoxy) is 1. The highest BCUT2D eigenvalue weighted by Crippen LogP contribution is 2.21. The lowest BCUT2D eigenvalue weighted by molar-refractivity contribution is 0.170. The molecule has 1 rings (SSSR count). The Kier molecular flexibility index (Phi) is 2.01. The summed E-state index contributed by atoms with van der Waals surface area (Å²) in [6.45, 7) is 0.473. The molecule has 2 nitrogen and oxygen atoms in total. The first-order valence-electron chi connectivity index (χ1n) is 2.62. The Bertz CT molecular complexity index is 159. The summed E-state index contributed by atoms with van der Waals surface area (Å²) in [6, 6.07) is 0. The van der Waals surface area contributed by atoms with E-state index in [0.717, 1.165) is 18.2 Å². The number of hydrogen-bond donors (Lipinski definition) is 0. The van der Waals surface area contributed by atoms with Gasteiger partial charge in [0.05, 0.1) is 11.9 Å². The molecule has 3 heteroatoms. The van der Waals surface area contributed by atoms with Crippen LogP contribution in [0.3, 0.4) is 0 Å². The Morgan fingerprint density at radius 2 is 2.67 bits per heavy atom. The van der Waals surface area contributed by atoms with Crippen LogP contribution in [-0.2, 0) is 4.74 Å². The fraction of sp³-hybridized carbons (Fsp3) is 0.500. The number of rotatable bonds is 0. The zero-order valence-electron chi connectivity index (χ0n) is 4.79. The van der Waals surface area contributed by atoms with Crippen LogP contribution in [0.1, 0.15) is 6.42 Å². The third-order valence-electron chi connectivity index (χ3n) is 1.02. The maximum Gasteiger partial charge on any atom is 0.368 e. The standard InChI is InChI=1S/C6H6O2S/c1-2-5-3-4-8-6(7)9-5/h1,5H,3-4H2. The molecule has 0 bridgehead atoms. The summed E-state index contributed by atoms with van der Waals surface area (Å²) < 4.78 is 4.64. The second-order valence-electron chi connectivity index (χ2n) is 1.66. The first-order chi connectivity index (χ1) is 4.33. The van der Waals surface area contributed by atoms with Gasteiger partial charge in [-0.1, -0.05) is 5.92 Å². The summed E-state index contributed by atoms with van der Waals surface area (Å²) >= 11 is 1.09. The van der Waals surface area contributed by atoms with Gasteiger partial charge in [-0.3, -0.25) is 0 Å². The van der Waals surface area contributed by atoms with E-state index in [9.17, 15) is 4.79 Å². The van der Waals surface area contributed by atoms with Crippen LogP contribution in [0, 0.1) is 12.3 Å². The van der Waals surface area contributed by atoms with E-state index in [1.807, 2.05) is 0 Å². The zero-order chi connectivity index (χ0) is 6.69. The van der Waals surface area contributed by atoms with Crippen molar-refractivity contribution in [2.24, 2.45) is 0 Å². The molecule has 0 radical (unpaired) electrons. The largest absolute Gasteiger partial charge is 0.457 e. The predicted octanol–water partition coefficient (Wildman–Crippen LogP) is 1.26. The van der Waals surface area contributed by atoms with Gasteiger partial charge in [0.1, 0.15) is 0 Å². The highest BCUT2D eigenvalue weighted by atomic mass is 32.2. The van der Waals surface area contributed by atoms with Crippen molar-refractivity contribution in [3.8, 4) is 12.3 Å². The molecule has 1 atom stereocenters. The number of cyclic esters (lactones) is 1. The normalized spacial score (nSPS) is 26.6. The van der Waals surface area contributed by atoms with Crippen LogP contribution in [0.25, 0.3) is 0 Å². The van der Waals surface area contributed by atoms with Gasteiger partial charge in [-0.05, 0) is 11.8 Å². The number of hydrogen-bond acceptors (Lipinski definition) is 3. The molecule has 9 heavy (non-hydrogen) atoms. The van der Waals surface area contributed by atoms with Crippen LogP contribution in [0.2, 0.25) is 0 Å². The molecule has 1 fully saturated rings. The third kappa shape index (κ3) is 1.65. The first-order valence-corrected chi connectivity index (χ1v) is 3.50. The monoisotopic (exact) mass is 142 g/mol. The SMILES string of the molecule is C#CC1CCOC(=O)S1. The summed E-state index contributed by atoms with van der Waals surface area (Å²) in [5, 5.41) is -0.213. The van der Waals surface area contributed by atoms with E-state index in [4.69, 9.17) is 6.42 Å². The summed E-state index contributed by atoms with van der Waals surface area (Å²) in [5.41, 5.74) is 0. The van der Waals surface area contributed by atoms with Crippen LogP contribution in [-0.4, -0.2) is 17.2 Å². The molecule has 0 amide bonds. The molecule has 48 valence electrons. The van der Waals surface area contributed by atoms with Gasteiger partial charge in [0.15, 0.2) is 0 Å². The third-order valence-corrected chi connectivity index (χ3v) is 1.99. The fourth-order valence-electron chi connectivity index (χ4n) is 0.576. The highest BCUT2D eigenvalue weighted by Gasteiger charge is 2.18. The molecule has 0 aliphatic carbocycles. The van der Waals surface area contributed by atoms with Gasteiger partial charge >= 0.3 is 5.30 Å². The van der Waals surface area contributed by atoms with Crippen molar-refractivity contribution in [1.29, 1.82) is 0 Å². The number of terminal acetylenes is 1. The van der Waals surface area contributed by atoms with E-state index in [0.29, 0.717) is 6.61 Å². The van der Waals surface area contributed by atoms with Crippen molar-refractivity contribution in [2.75, 3.05) is 6.61 Å². The van der Waals surface area contributed by atoms with Gasteiger partial charge in [-0.25, -0.2) is 4.79 Å². The second kappa shape index (κ2) is 2.79. The molecule has 1 aliphatic rings. The van der Waals surface area contributed by atoms with Crippen LogP contribution >= 0.6 is 11.8 Å². The minimum Gasteiger partial charge on any atom is -0.457 e. The molecular formula is C6H6O2S. The maximum absolute atomic E-state index is 10.5. The van der Waals surface area contributed by atoms with Gasteiger partial charge in [0.2, 0.25) is 0 Å². The predicted molar refractivity (Wildman–Crippen MR) is 36.2 cm³/mol. The molecule has 0 N–H and O–H groups in total. The molecule has 0 aromatic heterocycles. The molecule has 0 aromatic rings. The van der Waals surface area contributed by atoms with Crippen molar-refractivity contribution < 1.29 is 9.53 Å².